The van der Waals surface area contributed by atoms with Crippen LogP contribution in [0.3, 0.4) is 0 Å². The fourth-order valence-electron chi connectivity index (χ4n) is 1.72. The van der Waals surface area contributed by atoms with E-state index in [4.69, 9.17) is 21.4 Å². The van der Waals surface area contributed by atoms with E-state index in [0.29, 0.717) is 28.0 Å². The third-order valence-corrected chi connectivity index (χ3v) is 3.83. The van der Waals surface area contributed by atoms with Crippen LogP contribution >= 0.6 is 23.4 Å². The summed E-state index contributed by atoms with van der Waals surface area (Å²) in [5.41, 5.74) is 0.519. The first-order valence-electron chi connectivity index (χ1n) is 6.70. The molecule has 0 saturated carbocycles. The fourth-order valence-corrected chi connectivity index (χ4v) is 2.42. The molecule has 0 spiro atoms. The summed E-state index contributed by atoms with van der Waals surface area (Å²) in [6.07, 6.45) is 0. The van der Waals surface area contributed by atoms with Crippen LogP contribution in [-0.2, 0) is 4.79 Å². The average Bonchev–Trinajstić information content (AvgIpc) is 2.51. The highest BCUT2D eigenvalue weighted by atomic mass is 35.5. The number of halogens is 1. The van der Waals surface area contributed by atoms with E-state index in [0.717, 1.165) is 0 Å². The summed E-state index contributed by atoms with van der Waals surface area (Å²) in [6, 6.07) is 14.4. The summed E-state index contributed by atoms with van der Waals surface area (Å²) in [6.45, 7) is 0.0531. The molecule has 0 heterocycles. The minimum absolute atomic E-state index is 0.0531. The quantitative estimate of drug-likeness (QED) is 0.754. The van der Waals surface area contributed by atoms with Gasteiger partial charge in [-0.3, -0.25) is 4.79 Å². The van der Waals surface area contributed by atoms with E-state index >= 15 is 0 Å². The van der Waals surface area contributed by atoms with Gasteiger partial charge < -0.3 is 15.2 Å². The van der Waals surface area contributed by atoms with E-state index in [-0.39, 0.29) is 18.3 Å². The van der Waals surface area contributed by atoms with Gasteiger partial charge in [0.15, 0.2) is 5.75 Å². The number of amides is 1. The SMILES string of the molecule is O=C(CSCCO)Nc1cc(Cl)ccc1Oc1ccccc1. The first-order chi connectivity index (χ1) is 10.7. The monoisotopic (exact) mass is 337 g/mol. The summed E-state index contributed by atoms with van der Waals surface area (Å²) < 4.78 is 5.77. The van der Waals surface area contributed by atoms with Crippen LogP contribution in [0.4, 0.5) is 5.69 Å². The van der Waals surface area contributed by atoms with Crippen LogP contribution in [0.5, 0.6) is 11.5 Å². The van der Waals surface area contributed by atoms with Gasteiger partial charge >= 0.3 is 0 Å². The Bertz CT molecular complexity index is 622. The number of ether oxygens (including phenoxy) is 1. The Kier molecular flexibility index (Phi) is 6.58. The molecule has 2 rings (SSSR count). The maximum absolute atomic E-state index is 11.9. The van der Waals surface area contributed by atoms with Gasteiger partial charge in [0.05, 0.1) is 18.0 Å². The number of anilines is 1. The molecule has 0 fully saturated rings. The van der Waals surface area contributed by atoms with Crippen molar-refractivity contribution in [3.63, 3.8) is 0 Å². The predicted octanol–water partition coefficient (Wildman–Crippen LogP) is 3.80. The van der Waals surface area contributed by atoms with Gasteiger partial charge in [0, 0.05) is 10.8 Å². The van der Waals surface area contributed by atoms with Crippen LogP contribution in [0, 0.1) is 0 Å². The van der Waals surface area contributed by atoms with E-state index in [1.54, 1.807) is 18.2 Å². The number of rotatable bonds is 7. The maximum Gasteiger partial charge on any atom is 0.234 e. The van der Waals surface area contributed by atoms with Crippen molar-refractivity contribution in [2.24, 2.45) is 0 Å². The summed E-state index contributed by atoms with van der Waals surface area (Å²) in [5, 5.41) is 12.0. The predicted molar refractivity (Wildman–Crippen MR) is 91.0 cm³/mol. The molecule has 0 saturated heterocycles. The number of benzene rings is 2. The maximum atomic E-state index is 11.9. The number of hydrogen-bond acceptors (Lipinski definition) is 4. The minimum Gasteiger partial charge on any atom is -0.455 e. The van der Waals surface area contributed by atoms with Crippen LogP contribution in [0.25, 0.3) is 0 Å². The average molecular weight is 338 g/mol. The molecule has 0 aliphatic carbocycles. The normalized spacial score (nSPS) is 10.3. The lowest BCUT2D eigenvalue weighted by molar-refractivity contribution is -0.113. The standard InChI is InChI=1S/C16H16ClNO3S/c17-12-6-7-15(21-13-4-2-1-3-5-13)14(10-12)18-16(20)11-22-9-8-19/h1-7,10,19H,8-9,11H2,(H,18,20). The molecule has 0 aliphatic rings. The van der Waals surface area contributed by atoms with Crippen molar-refractivity contribution < 1.29 is 14.6 Å². The largest absolute Gasteiger partial charge is 0.455 e. The Labute approximate surface area is 138 Å². The number of thioether (sulfide) groups is 1. The van der Waals surface area contributed by atoms with Crippen LogP contribution in [0.2, 0.25) is 5.02 Å². The van der Waals surface area contributed by atoms with Crippen molar-refractivity contribution in [1.29, 1.82) is 0 Å². The topological polar surface area (TPSA) is 58.6 Å². The van der Waals surface area contributed by atoms with Gasteiger partial charge in [-0.2, -0.15) is 0 Å². The molecule has 2 aromatic carbocycles. The molecule has 0 radical (unpaired) electrons. The Balaban J connectivity index is 2.09. The Morgan fingerprint density at radius 3 is 2.73 bits per heavy atom. The fraction of sp³-hybridized carbons (Fsp3) is 0.188. The molecule has 6 heteroatoms. The van der Waals surface area contributed by atoms with Gasteiger partial charge in [-0.15, -0.1) is 11.8 Å². The molecule has 0 aromatic heterocycles. The van der Waals surface area contributed by atoms with Crippen molar-refractivity contribution in [2.45, 2.75) is 0 Å². The molecular weight excluding hydrogens is 322 g/mol. The lowest BCUT2D eigenvalue weighted by Gasteiger charge is -2.12. The van der Waals surface area contributed by atoms with Crippen LogP contribution in [-0.4, -0.2) is 29.1 Å². The second kappa shape index (κ2) is 8.68. The number of nitrogens with one attached hydrogen (secondary N) is 1. The number of para-hydroxylation sites is 1. The second-order valence-corrected chi connectivity index (χ2v) is 5.92. The Morgan fingerprint density at radius 1 is 1.23 bits per heavy atom. The number of aliphatic hydroxyl groups excluding tert-OH is 1. The smallest absolute Gasteiger partial charge is 0.234 e. The van der Waals surface area contributed by atoms with Crippen molar-refractivity contribution in [3.8, 4) is 11.5 Å². The molecular formula is C16H16ClNO3S. The highest BCUT2D eigenvalue weighted by molar-refractivity contribution is 7.99. The Hall–Kier alpha value is -1.69. The van der Waals surface area contributed by atoms with E-state index in [1.807, 2.05) is 30.3 Å². The van der Waals surface area contributed by atoms with Crippen molar-refractivity contribution in [3.05, 3.63) is 53.6 Å². The van der Waals surface area contributed by atoms with Crippen molar-refractivity contribution in [1.82, 2.24) is 0 Å². The van der Waals surface area contributed by atoms with E-state index in [2.05, 4.69) is 5.32 Å². The van der Waals surface area contributed by atoms with Gasteiger partial charge in [0.2, 0.25) is 5.91 Å². The highest BCUT2D eigenvalue weighted by Crippen LogP contribution is 2.32. The zero-order valence-electron chi connectivity index (χ0n) is 11.8. The Morgan fingerprint density at radius 2 is 2.00 bits per heavy atom. The zero-order valence-corrected chi connectivity index (χ0v) is 13.4. The molecule has 1 amide bonds. The summed E-state index contributed by atoms with van der Waals surface area (Å²) in [4.78, 5) is 11.9. The highest BCUT2D eigenvalue weighted by Gasteiger charge is 2.10. The number of carbonyl (C=O) groups excluding carboxylic acids is 1. The van der Waals surface area contributed by atoms with Crippen LogP contribution in [0.15, 0.2) is 48.5 Å². The molecule has 0 atom stereocenters. The van der Waals surface area contributed by atoms with E-state index in [1.165, 1.54) is 11.8 Å². The minimum atomic E-state index is -0.168. The molecule has 0 bridgehead atoms. The first kappa shape index (κ1) is 16.7. The van der Waals surface area contributed by atoms with Gasteiger partial charge in [-0.05, 0) is 30.3 Å². The molecule has 0 aliphatic heterocycles. The van der Waals surface area contributed by atoms with E-state index in [9.17, 15) is 4.79 Å². The third-order valence-electron chi connectivity index (χ3n) is 2.66. The second-order valence-electron chi connectivity index (χ2n) is 4.38. The van der Waals surface area contributed by atoms with Gasteiger partial charge in [0.25, 0.3) is 0 Å². The van der Waals surface area contributed by atoms with Crippen molar-refractivity contribution >= 4 is 35.0 Å². The summed E-state index contributed by atoms with van der Waals surface area (Å²) in [7, 11) is 0. The zero-order chi connectivity index (χ0) is 15.8. The van der Waals surface area contributed by atoms with Gasteiger partial charge in [-0.25, -0.2) is 0 Å². The number of hydrogen-bond donors (Lipinski definition) is 2. The molecule has 2 aromatic rings. The lowest BCUT2D eigenvalue weighted by Crippen LogP contribution is -2.15. The first-order valence-corrected chi connectivity index (χ1v) is 8.23. The number of carbonyl (C=O) groups is 1. The van der Waals surface area contributed by atoms with Gasteiger partial charge in [0.1, 0.15) is 5.75 Å². The van der Waals surface area contributed by atoms with E-state index < -0.39 is 0 Å². The van der Waals surface area contributed by atoms with Crippen LogP contribution in [0.1, 0.15) is 0 Å². The summed E-state index contributed by atoms with van der Waals surface area (Å²) in [5.74, 6) is 1.82. The molecule has 22 heavy (non-hydrogen) atoms. The summed E-state index contributed by atoms with van der Waals surface area (Å²) >= 11 is 7.34. The van der Waals surface area contributed by atoms with Crippen LogP contribution < -0.4 is 10.1 Å². The number of aliphatic hydroxyl groups is 1. The molecule has 0 unspecified atom stereocenters. The van der Waals surface area contributed by atoms with Crippen molar-refractivity contribution in [2.75, 3.05) is 23.4 Å². The third kappa shape index (κ3) is 5.26. The molecule has 2 N–H and O–H groups in total. The molecule has 4 nitrogen and oxygen atoms in total. The van der Waals surface area contributed by atoms with Gasteiger partial charge in [-0.1, -0.05) is 29.8 Å². The molecule has 116 valence electrons. The lowest BCUT2D eigenvalue weighted by atomic mass is 10.3.